The number of benzene rings is 4. The number of anilines is 3. The van der Waals surface area contributed by atoms with Crippen molar-refractivity contribution in [2.24, 2.45) is 0 Å². The summed E-state index contributed by atoms with van der Waals surface area (Å²) in [7, 11) is 0. The number of para-hydroxylation sites is 1. The maximum absolute atomic E-state index is 12.2. The predicted molar refractivity (Wildman–Crippen MR) is 174 cm³/mol. The number of nitrogens with one attached hydrogen (secondary N) is 1. The minimum absolute atomic E-state index is 0.229. The van der Waals surface area contributed by atoms with Gasteiger partial charge in [-0.05, 0) is 79.7 Å². The van der Waals surface area contributed by atoms with Crippen molar-refractivity contribution >= 4 is 46.4 Å². The highest BCUT2D eigenvalue weighted by atomic mass is 35.5. The number of carbonyl (C=O) groups is 1. The van der Waals surface area contributed by atoms with Gasteiger partial charge in [0.25, 0.3) is 0 Å². The van der Waals surface area contributed by atoms with Gasteiger partial charge in [-0.3, -0.25) is 5.32 Å². The van der Waals surface area contributed by atoms with Crippen LogP contribution in [-0.2, 0) is 15.3 Å². The van der Waals surface area contributed by atoms with E-state index >= 15 is 0 Å². The number of ether oxygens (including phenoxy) is 4. The lowest BCUT2D eigenvalue weighted by atomic mass is 10.1. The van der Waals surface area contributed by atoms with E-state index in [9.17, 15) is 4.79 Å². The molecular weight excluding hydrogens is 601 g/mol. The molecule has 2 saturated heterocycles. The van der Waals surface area contributed by atoms with Crippen LogP contribution >= 0.6 is 23.2 Å². The molecule has 0 radical (unpaired) electrons. The van der Waals surface area contributed by atoms with Gasteiger partial charge in [0.05, 0.1) is 11.6 Å². The molecule has 228 valence electrons. The van der Waals surface area contributed by atoms with Crippen LogP contribution in [0.5, 0.6) is 11.5 Å². The lowest BCUT2D eigenvalue weighted by Gasteiger charge is -2.37. The van der Waals surface area contributed by atoms with Gasteiger partial charge in [-0.2, -0.15) is 0 Å². The van der Waals surface area contributed by atoms with Crippen molar-refractivity contribution < 1.29 is 23.7 Å². The van der Waals surface area contributed by atoms with E-state index in [1.165, 1.54) is 0 Å². The summed E-state index contributed by atoms with van der Waals surface area (Å²) in [5.41, 5.74) is 3.69. The molecule has 2 aliphatic heterocycles. The number of amides is 1. The highest BCUT2D eigenvalue weighted by molar-refractivity contribution is 6.35. The van der Waals surface area contributed by atoms with E-state index in [-0.39, 0.29) is 6.10 Å². The molecule has 0 aliphatic carbocycles. The Morgan fingerprint density at radius 2 is 1.50 bits per heavy atom. The molecule has 4 aromatic carbocycles. The summed E-state index contributed by atoms with van der Waals surface area (Å²) in [5, 5.41) is 3.84. The number of hydrogen-bond acceptors (Lipinski definition) is 7. The molecule has 0 bridgehead atoms. The minimum Gasteiger partial charge on any atom is -0.491 e. The number of halogens is 2. The van der Waals surface area contributed by atoms with Gasteiger partial charge >= 0.3 is 6.09 Å². The molecule has 1 amide bonds. The zero-order chi connectivity index (χ0) is 30.5. The van der Waals surface area contributed by atoms with Crippen molar-refractivity contribution in [2.75, 3.05) is 54.5 Å². The third-order valence-corrected chi connectivity index (χ3v) is 8.25. The van der Waals surface area contributed by atoms with Crippen molar-refractivity contribution in [2.45, 2.75) is 18.8 Å². The van der Waals surface area contributed by atoms with Crippen LogP contribution < -0.4 is 24.6 Å². The van der Waals surface area contributed by atoms with E-state index in [0.29, 0.717) is 34.7 Å². The first-order valence-corrected chi connectivity index (χ1v) is 15.2. The molecule has 2 fully saturated rings. The molecule has 0 unspecified atom stereocenters. The second-order valence-electron chi connectivity index (χ2n) is 10.8. The Labute approximate surface area is 267 Å². The van der Waals surface area contributed by atoms with Gasteiger partial charge in [0.1, 0.15) is 24.2 Å². The lowest BCUT2D eigenvalue weighted by molar-refractivity contribution is -0.164. The van der Waals surface area contributed by atoms with Gasteiger partial charge in [0, 0.05) is 53.8 Å². The third-order valence-electron chi connectivity index (χ3n) is 7.71. The lowest BCUT2D eigenvalue weighted by Crippen LogP contribution is -2.46. The first-order valence-electron chi connectivity index (χ1n) is 14.5. The normalized spacial score (nSPS) is 19.9. The van der Waals surface area contributed by atoms with Gasteiger partial charge in [0.15, 0.2) is 5.79 Å². The second kappa shape index (κ2) is 13.4. The first kappa shape index (κ1) is 30.1. The van der Waals surface area contributed by atoms with E-state index < -0.39 is 11.9 Å². The monoisotopic (exact) mass is 633 g/mol. The molecule has 8 nitrogen and oxygen atoms in total. The second-order valence-corrected chi connectivity index (χ2v) is 11.6. The standard InChI is InChI=1S/C34H33Cl2N3O5/c1-34(31-16-7-24(35)21-32(31)36)42-23-30(44-34)22-41-28-14-12-27(13-15-28)39-19-17-38(18-20-39)26-10-8-25(9-11-26)37-33(40)43-29-5-3-2-4-6-29/h2-16,21,30H,17-20,22-23H2,1H3,(H,37,40)/t30-,34-/m1/s1. The van der Waals surface area contributed by atoms with E-state index in [4.69, 9.17) is 42.1 Å². The highest BCUT2D eigenvalue weighted by Gasteiger charge is 2.40. The van der Waals surface area contributed by atoms with Crippen LogP contribution in [0.15, 0.2) is 97.1 Å². The molecule has 0 aromatic heterocycles. The molecule has 2 atom stereocenters. The van der Waals surface area contributed by atoms with Crippen LogP contribution in [0.2, 0.25) is 10.0 Å². The summed E-state index contributed by atoms with van der Waals surface area (Å²) in [5.74, 6) is 0.326. The Morgan fingerprint density at radius 1 is 0.864 bits per heavy atom. The maximum Gasteiger partial charge on any atom is 0.417 e. The number of rotatable bonds is 8. The quantitative estimate of drug-likeness (QED) is 0.214. The summed E-state index contributed by atoms with van der Waals surface area (Å²) in [6, 6.07) is 30.2. The average molecular weight is 635 g/mol. The van der Waals surface area contributed by atoms with Crippen molar-refractivity contribution in [3.63, 3.8) is 0 Å². The Morgan fingerprint density at radius 3 is 2.14 bits per heavy atom. The fraction of sp³-hybridized carbons (Fsp3) is 0.265. The number of hydrogen-bond donors (Lipinski definition) is 1. The van der Waals surface area contributed by atoms with Crippen molar-refractivity contribution in [1.82, 2.24) is 0 Å². The molecule has 0 spiro atoms. The van der Waals surface area contributed by atoms with Crippen LogP contribution in [0.3, 0.4) is 0 Å². The summed E-state index contributed by atoms with van der Waals surface area (Å²) < 4.78 is 23.5. The molecule has 1 N–H and O–H groups in total. The summed E-state index contributed by atoms with van der Waals surface area (Å²) >= 11 is 12.4. The van der Waals surface area contributed by atoms with Crippen LogP contribution in [0.4, 0.5) is 21.9 Å². The van der Waals surface area contributed by atoms with E-state index in [1.54, 1.807) is 24.3 Å². The van der Waals surface area contributed by atoms with Crippen LogP contribution in [0, 0.1) is 0 Å². The molecule has 2 aliphatic rings. The molecule has 2 heterocycles. The van der Waals surface area contributed by atoms with Crippen LogP contribution in [0.1, 0.15) is 12.5 Å². The zero-order valence-corrected chi connectivity index (χ0v) is 25.8. The van der Waals surface area contributed by atoms with Gasteiger partial charge in [-0.15, -0.1) is 0 Å². The topological polar surface area (TPSA) is 72.5 Å². The molecule has 44 heavy (non-hydrogen) atoms. The number of carbonyl (C=O) groups excluding carboxylic acids is 1. The van der Waals surface area contributed by atoms with E-state index in [2.05, 4.69) is 27.2 Å². The Kier molecular flexibility index (Phi) is 9.14. The number of nitrogens with zero attached hydrogens (tertiary/aromatic N) is 2. The molecule has 0 saturated carbocycles. The van der Waals surface area contributed by atoms with Gasteiger partial charge in [0.2, 0.25) is 0 Å². The van der Waals surface area contributed by atoms with Crippen LogP contribution in [-0.4, -0.2) is 51.6 Å². The number of piperazine rings is 1. The Bertz CT molecular complexity index is 1560. The predicted octanol–water partition coefficient (Wildman–Crippen LogP) is 7.60. The highest BCUT2D eigenvalue weighted by Crippen LogP contribution is 2.38. The van der Waals surface area contributed by atoms with E-state index in [1.807, 2.05) is 67.6 Å². The van der Waals surface area contributed by atoms with E-state index in [0.717, 1.165) is 48.9 Å². The summed E-state index contributed by atoms with van der Waals surface area (Å²) in [6.45, 7) is 6.17. The molecular formula is C34H33Cl2N3O5. The SMILES string of the molecule is C[C@@]1(c2ccc(Cl)cc2Cl)OC[C@@H](COc2ccc(N3CCN(c4ccc(NC(=O)Oc5ccccc5)cc4)CC3)cc2)O1. The molecule has 4 aromatic rings. The van der Waals surface area contributed by atoms with Crippen LogP contribution in [0.25, 0.3) is 0 Å². The summed E-state index contributed by atoms with van der Waals surface area (Å²) in [4.78, 5) is 16.9. The molecule has 10 heteroatoms. The Hall–Kier alpha value is -3.95. The zero-order valence-electron chi connectivity index (χ0n) is 24.2. The molecule has 6 rings (SSSR count). The van der Waals surface area contributed by atoms with Gasteiger partial charge in [-0.25, -0.2) is 4.79 Å². The van der Waals surface area contributed by atoms with Gasteiger partial charge < -0.3 is 28.7 Å². The third kappa shape index (κ3) is 7.22. The van der Waals surface area contributed by atoms with Crippen molar-refractivity contribution in [3.05, 3.63) is 113 Å². The smallest absolute Gasteiger partial charge is 0.417 e. The van der Waals surface area contributed by atoms with Gasteiger partial charge in [-0.1, -0.05) is 47.5 Å². The minimum atomic E-state index is -0.947. The van der Waals surface area contributed by atoms with Crippen molar-refractivity contribution in [3.8, 4) is 11.5 Å². The summed E-state index contributed by atoms with van der Waals surface area (Å²) in [6.07, 6.45) is -0.746. The van der Waals surface area contributed by atoms with Crippen molar-refractivity contribution in [1.29, 1.82) is 0 Å². The fourth-order valence-electron chi connectivity index (χ4n) is 5.38. The largest absolute Gasteiger partial charge is 0.491 e. The Balaban J connectivity index is 0.950. The first-order chi connectivity index (χ1) is 21.3. The average Bonchev–Trinajstić information content (AvgIpc) is 3.42. The fourth-order valence-corrected chi connectivity index (χ4v) is 5.96. The maximum atomic E-state index is 12.2.